The van der Waals surface area contributed by atoms with E-state index in [4.69, 9.17) is 0 Å². The molecule has 0 spiro atoms. The largest absolute Gasteiger partial charge is 0.353 e. The molecule has 5 nitrogen and oxygen atoms in total. The Kier molecular flexibility index (Phi) is 8.67. The third-order valence-electron chi connectivity index (χ3n) is 5.88. The van der Waals surface area contributed by atoms with E-state index in [2.05, 4.69) is 34.1 Å². The minimum atomic E-state index is 0.0955. The fourth-order valence-corrected chi connectivity index (χ4v) is 4.01. The number of piperidine rings is 2. The second-order valence-electron chi connectivity index (χ2n) is 8.64. The predicted octanol–water partition coefficient (Wildman–Crippen LogP) is 1.89. The highest BCUT2D eigenvalue weighted by Gasteiger charge is 2.22. The number of amides is 1. The Morgan fingerprint density at radius 1 is 1.12 bits per heavy atom. The van der Waals surface area contributed by atoms with E-state index in [1.54, 1.807) is 0 Å². The molecular formula is C20H40N4O. The van der Waals surface area contributed by atoms with E-state index in [9.17, 15) is 4.79 Å². The SMILES string of the molecule is CC(C)C(=O)NC1CCN(CCCN(C)CC2CCN(C)CC2)CC1. The molecule has 0 aromatic heterocycles. The maximum atomic E-state index is 11.8. The Bertz CT molecular complexity index is 385. The normalized spacial score (nSPS) is 22.0. The van der Waals surface area contributed by atoms with Crippen LogP contribution in [0.15, 0.2) is 0 Å². The average Bonchev–Trinajstić information content (AvgIpc) is 2.58. The molecule has 1 N–H and O–H groups in total. The number of carbonyl (C=O) groups is 1. The molecule has 0 aromatic rings. The van der Waals surface area contributed by atoms with Crippen molar-refractivity contribution < 1.29 is 4.79 Å². The zero-order chi connectivity index (χ0) is 18.2. The lowest BCUT2D eigenvalue weighted by molar-refractivity contribution is -0.125. The first-order chi connectivity index (χ1) is 11.9. The number of hydrogen-bond donors (Lipinski definition) is 1. The van der Waals surface area contributed by atoms with Gasteiger partial charge in [-0.3, -0.25) is 4.79 Å². The summed E-state index contributed by atoms with van der Waals surface area (Å²) >= 11 is 0. The quantitative estimate of drug-likeness (QED) is 0.724. The van der Waals surface area contributed by atoms with Gasteiger partial charge in [0.15, 0.2) is 0 Å². The van der Waals surface area contributed by atoms with E-state index < -0.39 is 0 Å². The van der Waals surface area contributed by atoms with Gasteiger partial charge in [0.25, 0.3) is 0 Å². The summed E-state index contributed by atoms with van der Waals surface area (Å²) in [6.45, 7) is 12.4. The molecule has 2 heterocycles. The highest BCUT2D eigenvalue weighted by Crippen LogP contribution is 2.17. The molecule has 0 bridgehead atoms. The van der Waals surface area contributed by atoms with Crippen molar-refractivity contribution >= 4 is 5.91 Å². The van der Waals surface area contributed by atoms with Crippen LogP contribution < -0.4 is 5.32 Å². The Morgan fingerprint density at radius 2 is 1.76 bits per heavy atom. The zero-order valence-electron chi connectivity index (χ0n) is 17.0. The summed E-state index contributed by atoms with van der Waals surface area (Å²) in [4.78, 5) is 19.3. The summed E-state index contributed by atoms with van der Waals surface area (Å²) in [6, 6.07) is 0.387. The van der Waals surface area contributed by atoms with Crippen molar-refractivity contribution in [2.45, 2.75) is 52.0 Å². The van der Waals surface area contributed by atoms with Gasteiger partial charge in [-0.1, -0.05) is 13.8 Å². The minimum Gasteiger partial charge on any atom is -0.353 e. The molecule has 2 aliphatic rings. The second-order valence-corrected chi connectivity index (χ2v) is 8.64. The molecule has 0 radical (unpaired) electrons. The van der Waals surface area contributed by atoms with E-state index in [-0.39, 0.29) is 11.8 Å². The van der Waals surface area contributed by atoms with Crippen molar-refractivity contribution in [1.82, 2.24) is 20.0 Å². The highest BCUT2D eigenvalue weighted by atomic mass is 16.1. The van der Waals surface area contributed by atoms with E-state index >= 15 is 0 Å². The molecule has 0 aliphatic carbocycles. The van der Waals surface area contributed by atoms with Crippen LogP contribution in [-0.2, 0) is 4.79 Å². The van der Waals surface area contributed by atoms with Crippen LogP contribution in [0.2, 0.25) is 0 Å². The Balaban J connectivity index is 1.53. The van der Waals surface area contributed by atoms with Gasteiger partial charge >= 0.3 is 0 Å². The van der Waals surface area contributed by atoms with Gasteiger partial charge in [-0.2, -0.15) is 0 Å². The lowest BCUT2D eigenvalue weighted by Gasteiger charge is -2.34. The van der Waals surface area contributed by atoms with Gasteiger partial charge in [-0.15, -0.1) is 0 Å². The number of nitrogens with one attached hydrogen (secondary N) is 1. The Hall–Kier alpha value is -0.650. The van der Waals surface area contributed by atoms with Crippen LogP contribution in [0.4, 0.5) is 0 Å². The smallest absolute Gasteiger partial charge is 0.222 e. The number of carbonyl (C=O) groups excluding carboxylic acids is 1. The third-order valence-corrected chi connectivity index (χ3v) is 5.88. The van der Waals surface area contributed by atoms with Crippen molar-refractivity contribution in [3.05, 3.63) is 0 Å². The maximum absolute atomic E-state index is 11.8. The van der Waals surface area contributed by atoms with Crippen LogP contribution in [0.1, 0.15) is 46.0 Å². The molecule has 2 aliphatic heterocycles. The van der Waals surface area contributed by atoms with Gasteiger partial charge in [0, 0.05) is 31.6 Å². The molecule has 2 rings (SSSR count). The molecule has 0 atom stereocenters. The van der Waals surface area contributed by atoms with E-state index in [0.29, 0.717) is 6.04 Å². The monoisotopic (exact) mass is 352 g/mol. The average molecular weight is 353 g/mol. The van der Waals surface area contributed by atoms with Crippen LogP contribution in [0.5, 0.6) is 0 Å². The van der Waals surface area contributed by atoms with Crippen molar-refractivity contribution in [2.24, 2.45) is 11.8 Å². The summed E-state index contributed by atoms with van der Waals surface area (Å²) < 4.78 is 0. The Morgan fingerprint density at radius 3 is 2.36 bits per heavy atom. The molecule has 5 heteroatoms. The summed E-state index contributed by atoms with van der Waals surface area (Å²) in [6.07, 6.45) is 6.17. The fraction of sp³-hybridized carbons (Fsp3) is 0.950. The molecule has 0 unspecified atom stereocenters. The highest BCUT2D eigenvalue weighted by molar-refractivity contribution is 5.78. The summed E-state index contributed by atoms with van der Waals surface area (Å²) in [5.41, 5.74) is 0. The van der Waals surface area contributed by atoms with Crippen molar-refractivity contribution in [3.63, 3.8) is 0 Å². The molecule has 1 amide bonds. The van der Waals surface area contributed by atoms with Crippen LogP contribution >= 0.6 is 0 Å². The predicted molar refractivity (Wildman–Crippen MR) is 105 cm³/mol. The first-order valence-electron chi connectivity index (χ1n) is 10.3. The van der Waals surface area contributed by atoms with Crippen LogP contribution in [0.3, 0.4) is 0 Å². The lowest BCUT2D eigenvalue weighted by Crippen LogP contribution is -2.46. The molecule has 146 valence electrons. The van der Waals surface area contributed by atoms with E-state index in [1.165, 1.54) is 52.0 Å². The van der Waals surface area contributed by atoms with Gasteiger partial charge in [-0.25, -0.2) is 0 Å². The molecule has 0 saturated carbocycles. The zero-order valence-corrected chi connectivity index (χ0v) is 17.0. The summed E-state index contributed by atoms with van der Waals surface area (Å²) in [5, 5.41) is 3.18. The van der Waals surface area contributed by atoms with Gasteiger partial charge in [-0.05, 0) is 78.3 Å². The number of likely N-dealkylation sites (tertiary alicyclic amines) is 2. The van der Waals surface area contributed by atoms with E-state index in [0.717, 1.165) is 31.8 Å². The number of nitrogens with zero attached hydrogens (tertiary/aromatic N) is 3. The van der Waals surface area contributed by atoms with Gasteiger partial charge in [0.1, 0.15) is 0 Å². The molecular weight excluding hydrogens is 312 g/mol. The molecule has 2 saturated heterocycles. The molecule has 2 fully saturated rings. The standard InChI is InChI=1S/C20H40N4O/c1-17(2)20(25)21-19-8-14-24(15-9-19)11-5-10-23(4)16-18-6-12-22(3)13-7-18/h17-19H,5-16H2,1-4H3,(H,21,25). The number of rotatable bonds is 8. The van der Waals surface area contributed by atoms with Crippen LogP contribution in [-0.4, -0.2) is 86.6 Å². The number of hydrogen-bond acceptors (Lipinski definition) is 4. The van der Waals surface area contributed by atoms with Crippen molar-refractivity contribution in [2.75, 3.05) is 59.9 Å². The first kappa shape index (κ1) is 20.7. The van der Waals surface area contributed by atoms with Gasteiger partial charge < -0.3 is 20.0 Å². The molecule has 25 heavy (non-hydrogen) atoms. The summed E-state index contributed by atoms with van der Waals surface area (Å²) in [5.74, 6) is 1.19. The van der Waals surface area contributed by atoms with Crippen molar-refractivity contribution in [3.8, 4) is 0 Å². The lowest BCUT2D eigenvalue weighted by atomic mass is 9.96. The fourth-order valence-electron chi connectivity index (χ4n) is 4.01. The van der Waals surface area contributed by atoms with Crippen molar-refractivity contribution in [1.29, 1.82) is 0 Å². The first-order valence-corrected chi connectivity index (χ1v) is 10.3. The summed E-state index contributed by atoms with van der Waals surface area (Å²) in [7, 11) is 4.52. The molecule has 0 aromatic carbocycles. The van der Waals surface area contributed by atoms with Gasteiger partial charge in [0.2, 0.25) is 5.91 Å². The van der Waals surface area contributed by atoms with E-state index in [1.807, 2.05) is 13.8 Å². The van der Waals surface area contributed by atoms with Crippen LogP contribution in [0, 0.1) is 11.8 Å². The second kappa shape index (κ2) is 10.5. The topological polar surface area (TPSA) is 38.8 Å². The third kappa shape index (κ3) is 7.63. The van der Waals surface area contributed by atoms with Gasteiger partial charge in [0.05, 0.1) is 0 Å². The van der Waals surface area contributed by atoms with Crippen LogP contribution in [0.25, 0.3) is 0 Å². The minimum absolute atomic E-state index is 0.0955. The maximum Gasteiger partial charge on any atom is 0.222 e. The Labute approximate surface area is 155 Å².